The molecule has 0 aliphatic heterocycles. The summed E-state index contributed by atoms with van der Waals surface area (Å²) >= 11 is 0. The number of methoxy groups -OCH3 is 3. The second-order valence-corrected chi connectivity index (χ2v) is 4.58. The van der Waals surface area contributed by atoms with E-state index in [0.29, 0.717) is 17.3 Å². The highest BCUT2D eigenvalue weighted by Crippen LogP contribution is 2.33. The van der Waals surface area contributed by atoms with Gasteiger partial charge in [-0.2, -0.15) is 0 Å². The zero-order valence-corrected chi connectivity index (χ0v) is 13.5. The first kappa shape index (κ1) is 17.1. The topological polar surface area (TPSA) is 87.0 Å². The van der Waals surface area contributed by atoms with Crippen LogP contribution in [0.3, 0.4) is 0 Å². The molecule has 0 fully saturated rings. The molecule has 0 radical (unpaired) electrons. The molecule has 0 bridgehead atoms. The van der Waals surface area contributed by atoms with Crippen molar-refractivity contribution in [2.45, 2.75) is 0 Å². The molecule has 2 rings (SSSR count). The van der Waals surface area contributed by atoms with E-state index in [1.165, 1.54) is 51.9 Å². The Morgan fingerprint density at radius 3 is 2.42 bits per heavy atom. The minimum absolute atomic E-state index is 0.148. The average Bonchev–Trinajstić information content (AvgIpc) is 3.12. The van der Waals surface area contributed by atoms with Crippen molar-refractivity contribution in [1.82, 2.24) is 0 Å². The van der Waals surface area contributed by atoms with Crippen LogP contribution in [-0.4, -0.2) is 33.2 Å². The predicted octanol–water partition coefficient (Wildman–Crippen LogP) is 2.74. The number of nitrogens with one attached hydrogen (secondary N) is 1. The molecular weight excluding hydrogens is 314 g/mol. The number of furan rings is 1. The molecule has 7 nitrogen and oxygen atoms in total. The number of hydrogen-bond acceptors (Lipinski definition) is 6. The van der Waals surface area contributed by atoms with E-state index in [0.717, 1.165) is 0 Å². The molecule has 7 heteroatoms. The Kier molecular flexibility index (Phi) is 5.62. The molecule has 0 saturated carbocycles. The Balaban J connectivity index is 2.29. The number of rotatable bonds is 6. The summed E-state index contributed by atoms with van der Waals surface area (Å²) < 4.78 is 20.2. The third-order valence-corrected chi connectivity index (χ3v) is 3.13. The fourth-order valence-corrected chi connectivity index (χ4v) is 1.98. The van der Waals surface area contributed by atoms with Crippen molar-refractivity contribution < 1.29 is 28.2 Å². The molecule has 0 spiro atoms. The second-order valence-electron chi connectivity index (χ2n) is 4.58. The van der Waals surface area contributed by atoms with Crippen molar-refractivity contribution in [2.24, 2.45) is 0 Å². The molecule has 2 aromatic rings. The van der Waals surface area contributed by atoms with E-state index in [-0.39, 0.29) is 11.3 Å². The van der Waals surface area contributed by atoms with Crippen LogP contribution in [0.4, 0.5) is 5.69 Å². The number of ether oxygens (including phenoxy) is 3. The molecule has 0 aliphatic rings. The Morgan fingerprint density at radius 1 is 1.12 bits per heavy atom. The zero-order valence-electron chi connectivity index (χ0n) is 13.5. The summed E-state index contributed by atoms with van der Waals surface area (Å²) in [6.45, 7) is 0. The van der Waals surface area contributed by atoms with Crippen molar-refractivity contribution in [3.63, 3.8) is 0 Å². The molecule has 1 N–H and O–H groups in total. The van der Waals surface area contributed by atoms with Gasteiger partial charge in [0.25, 0.3) is 0 Å². The maximum atomic E-state index is 12.1. The van der Waals surface area contributed by atoms with Gasteiger partial charge in [0.15, 0.2) is 11.5 Å². The van der Waals surface area contributed by atoms with Gasteiger partial charge in [-0.3, -0.25) is 4.79 Å². The fraction of sp³-hybridized carbons (Fsp3) is 0.176. The molecule has 1 aromatic heterocycles. The van der Waals surface area contributed by atoms with E-state index in [4.69, 9.17) is 18.6 Å². The van der Waals surface area contributed by atoms with Gasteiger partial charge in [-0.25, -0.2) is 4.79 Å². The van der Waals surface area contributed by atoms with Gasteiger partial charge in [0, 0.05) is 18.2 Å². The number of anilines is 1. The van der Waals surface area contributed by atoms with Gasteiger partial charge in [0.1, 0.15) is 5.76 Å². The molecule has 0 atom stereocenters. The first-order valence-electron chi connectivity index (χ1n) is 6.96. The van der Waals surface area contributed by atoms with E-state index in [1.54, 1.807) is 12.1 Å². The van der Waals surface area contributed by atoms with E-state index < -0.39 is 11.9 Å². The van der Waals surface area contributed by atoms with Gasteiger partial charge in [-0.05, 0) is 18.2 Å². The van der Waals surface area contributed by atoms with Crippen LogP contribution in [0.15, 0.2) is 41.0 Å². The van der Waals surface area contributed by atoms with Crippen LogP contribution in [0.5, 0.6) is 11.5 Å². The standard InChI is InChI=1S/C17H17NO6/c1-21-14-9-12(17(20)23-3)13(10-15(14)22-2)18-16(19)7-6-11-5-4-8-24-11/h4-10H,1-3H3,(H,18,19). The van der Waals surface area contributed by atoms with E-state index in [9.17, 15) is 9.59 Å². The largest absolute Gasteiger partial charge is 0.493 e. The van der Waals surface area contributed by atoms with Crippen LogP contribution in [0.25, 0.3) is 6.08 Å². The van der Waals surface area contributed by atoms with Crippen LogP contribution in [0.1, 0.15) is 16.1 Å². The Hall–Kier alpha value is -3.22. The maximum Gasteiger partial charge on any atom is 0.340 e. The van der Waals surface area contributed by atoms with Crippen LogP contribution in [-0.2, 0) is 9.53 Å². The Morgan fingerprint density at radius 2 is 1.83 bits per heavy atom. The zero-order chi connectivity index (χ0) is 17.5. The minimum atomic E-state index is -0.610. The van der Waals surface area contributed by atoms with Gasteiger partial charge < -0.3 is 23.9 Å². The number of hydrogen-bond donors (Lipinski definition) is 1. The van der Waals surface area contributed by atoms with Crippen LogP contribution in [0, 0.1) is 0 Å². The SMILES string of the molecule is COC(=O)c1cc(OC)c(OC)cc1NC(=O)C=Cc1ccco1. The van der Waals surface area contributed by atoms with Crippen LogP contribution in [0.2, 0.25) is 0 Å². The van der Waals surface area contributed by atoms with Crippen molar-refractivity contribution in [2.75, 3.05) is 26.6 Å². The third kappa shape index (κ3) is 3.95. The summed E-state index contributed by atoms with van der Waals surface area (Å²) in [4.78, 5) is 24.0. The molecule has 0 aliphatic carbocycles. The fourth-order valence-electron chi connectivity index (χ4n) is 1.98. The van der Waals surface area contributed by atoms with Crippen LogP contribution >= 0.6 is 0 Å². The molecule has 1 amide bonds. The Labute approximate surface area is 138 Å². The highest BCUT2D eigenvalue weighted by molar-refractivity contribution is 6.06. The summed E-state index contributed by atoms with van der Waals surface area (Å²) in [5.41, 5.74) is 0.392. The monoisotopic (exact) mass is 331 g/mol. The van der Waals surface area contributed by atoms with Crippen molar-refractivity contribution in [1.29, 1.82) is 0 Å². The number of esters is 1. The van der Waals surface area contributed by atoms with E-state index in [2.05, 4.69) is 5.32 Å². The molecule has 24 heavy (non-hydrogen) atoms. The lowest BCUT2D eigenvalue weighted by molar-refractivity contribution is -0.111. The molecule has 0 saturated heterocycles. The lowest BCUT2D eigenvalue weighted by Gasteiger charge is -2.13. The van der Waals surface area contributed by atoms with E-state index in [1.807, 2.05) is 0 Å². The van der Waals surface area contributed by atoms with Crippen molar-refractivity contribution in [3.05, 3.63) is 47.9 Å². The molecule has 0 unspecified atom stereocenters. The summed E-state index contributed by atoms with van der Waals surface area (Å²) in [5.74, 6) is 0.202. The molecular formula is C17H17NO6. The first-order chi connectivity index (χ1) is 11.6. The predicted molar refractivity (Wildman–Crippen MR) is 87.3 cm³/mol. The highest BCUT2D eigenvalue weighted by atomic mass is 16.5. The summed E-state index contributed by atoms with van der Waals surface area (Å²) in [5, 5.41) is 2.61. The minimum Gasteiger partial charge on any atom is -0.493 e. The lowest BCUT2D eigenvalue weighted by atomic mass is 10.1. The van der Waals surface area contributed by atoms with Gasteiger partial charge in [0.2, 0.25) is 5.91 Å². The lowest BCUT2D eigenvalue weighted by Crippen LogP contribution is -2.13. The molecule has 1 heterocycles. The van der Waals surface area contributed by atoms with Gasteiger partial charge in [-0.15, -0.1) is 0 Å². The van der Waals surface area contributed by atoms with Gasteiger partial charge in [0.05, 0.1) is 38.8 Å². The van der Waals surface area contributed by atoms with Crippen molar-refractivity contribution >= 4 is 23.6 Å². The number of amides is 1. The molecule has 126 valence electrons. The van der Waals surface area contributed by atoms with Crippen LogP contribution < -0.4 is 14.8 Å². The third-order valence-electron chi connectivity index (χ3n) is 3.13. The van der Waals surface area contributed by atoms with Crippen molar-refractivity contribution in [3.8, 4) is 11.5 Å². The van der Waals surface area contributed by atoms with E-state index >= 15 is 0 Å². The summed E-state index contributed by atoms with van der Waals surface area (Å²) in [6.07, 6.45) is 4.30. The molecule has 1 aromatic carbocycles. The Bertz CT molecular complexity index is 749. The normalized spacial score (nSPS) is 10.5. The number of carbonyl (C=O) groups excluding carboxylic acids is 2. The quantitative estimate of drug-likeness (QED) is 0.647. The second kappa shape index (κ2) is 7.87. The average molecular weight is 331 g/mol. The summed E-state index contributed by atoms with van der Waals surface area (Å²) in [7, 11) is 4.16. The highest BCUT2D eigenvalue weighted by Gasteiger charge is 2.18. The smallest absolute Gasteiger partial charge is 0.340 e. The number of carbonyl (C=O) groups is 2. The maximum absolute atomic E-state index is 12.1. The number of benzene rings is 1. The van der Waals surface area contributed by atoms with Gasteiger partial charge in [-0.1, -0.05) is 0 Å². The van der Waals surface area contributed by atoms with Gasteiger partial charge >= 0.3 is 5.97 Å². The summed E-state index contributed by atoms with van der Waals surface area (Å²) in [6, 6.07) is 6.35. The first-order valence-corrected chi connectivity index (χ1v) is 6.96.